The Morgan fingerprint density at radius 3 is 2.64 bits per heavy atom. The largest absolute Gasteiger partial charge is 0.550 e. The average molecular weight is 498 g/mol. The third-order valence-corrected chi connectivity index (χ3v) is 10.2. The van der Waals surface area contributed by atoms with Gasteiger partial charge in [-0.05, 0) is 56.1 Å². The molecule has 0 aromatic heterocycles. The van der Waals surface area contributed by atoms with Crippen molar-refractivity contribution in [2.75, 3.05) is 0 Å². The highest BCUT2D eigenvalue weighted by Crippen LogP contribution is 2.69. The van der Waals surface area contributed by atoms with Gasteiger partial charge >= 0.3 is 0 Å². The van der Waals surface area contributed by atoms with E-state index < -0.39 is 40.7 Å². The monoisotopic (exact) mass is 497 g/mol. The van der Waals surface area contributed by atoms with Gasteiger partial charge in [-0.1, -0.05) is 45.8 Å². The molecule has 196 valence electrons. The Hall–Kier alpha value is -2.12. The SMILES string of the molecule is CCCC1O[C@@H]2C[C@H]3[C@@H]4CCC5=CC(=O)C=C[C@]5(C)[C@H]4C(=O)C[C@]3(C)[C@]2(C(=O)CC(CC)C(=O)[O-])O1. The molecule has 9 atom stereocenters. The summed E-state index contributed by atoms with van der Waals surface area (Å²) in [5.74, 6) is -2.56. The van der Waals surface area contributed by atoms with Crippen LogP contribution in [0.4, 0.5) is 0 Å². The maximum atomic E-state index is 14.1. The van der Waals surface area contributed by atoms with Crippen molar-refractivity contribution in [3.8, 4) is 0 Å². The zero-order valence-electron chi connectivity index (χ0n) is 21.7. The number of ether oxygens (including phenoxy) is 2. The summed E-state index contributed by atoms with van der Waals surface area (Å²) in [5.41, 5.74) is -1.60. The van der Waals surface area contributed by atoms with E-state index in [-0.39, 0.29) is 54.4 Å². The number of carboxylic acids is 1. The minimum atomic E-state index is -1.34. The topological polar surface area (TPSA) is 110 Å². The van der Waals surface area contributed by atoms with Crippen molar-refractivity contribution in [1.29, 1.82) is 0 Å². The molecule has 1 saturated heterocycles. The number of carbonyl (C=O) groups is 4. The average Bonchev–Trinajstić information content (AvgIpc) is 3.29. The first-order valence-electron chi connectivity index (χ1n) is 13.6. The number of allylic oxidation sites excluding steroid dienone is 4. The fraction of sp³-hybridized carbons (Fsp3) is 0.724. The first-order valence-corrected chi connectivity index (χ1v) is 13.6. The Labute approximate surface area is 212 Å². The van der Waals surface area contributed by atoms with Gasteiger partial charge in [-0.15, -0.1) is 0 Å². The van der Waals surface area contributed by atoms with Crippen molar-refractivity contribution in [1.82, 2.24) is 0 Å². The molecular formula is C29H37O7-. The summed E-state index contributed by atoms with van der Waals surface area (Å²) in [6.07, 6.45) is 7.99. The molecule has 7 heteroatoms. The van der Waals surface area contributed by atoms with Crippen molar-refractivity contribution in [3.05, 3.63) is 23.8 Å². The number of Topliss-reactive ketones (excluding diaryl/α,β-unsaturated/α-hetero) is 2. The van der Waals surface area contributed by atoms with Crippen LogP contribution in [0, 0.1) is 34.5 Å². The lowest BCUT2D eigenvalue weighted by molar-refractivity contribution is -0.311. The van der Waals surface area contributed by atoms with Crippen LogP contribution in [0.2, 0.25) is 0 Å². The van der Waals surface area contributed by atoms with Crippen molar-refractivity contribution in [2.24, 2.45) is 34.5 Å². The molecule has 3 saturated carbocycles. The molecule has 0 bridgehead atoms. The van der Waals surface area contributed by atoms with E-state index in [1.807, 2.05) is 19.9 Å². The summed E-state index contributed by atoms with van der Waals surface area (Å²) < 4.78 is 12.9. The number of fused-ring (bicyclic) bond motifs is 7. The van der Waals surface area contributed by atoms with Gasteiger partial charge in [0.25, 0.3) is 0 Å². The number of hydrogen-bond donors (Lipinski definition) is 0. The number of carbonyl (C=O) groups excluding carboxylic acids is 4. The van der Waals surface area contributed by atoms with Crippen LogP contribution in [0.1, 0.15) is 79.1 Å². The van der Waals surface area contributed by atoms with Crippen LogP contribution in [0.3, 0.4) is 0 Å². The molecule has 5 aliphatic rings. The molecule has 0 aromatic carbocycles. The summed E-state index contributed by atoms with van der Waals surface area (Å²) >= 11 is 0. The van der Waals surface area contributed by atoms with Gasteiger partial charge in [-0.3, -0.25) is 14.4 Å². The Kier molecular flexibility index (Phi) is 6.19. The number of carboxylic acid groups (broad SMARTS) is 1. The fourth-order valence-electron chi connectivity index (χ4n) is 8.48. The highest BCUT2D eigenvalue weighted by atomic mass is 16.7. The van der Waals surface area contributed by atoms with Crippen LogP contribution < -0.4 is 5.11 Å². The normalized spacial score (nSPS) is 43.8. The Balaban J connectivity index is 1.55. The van der Waals surface area contributed by atoms with Gasteiger partial charge in [-0.25, -0.2) is 0 Å². The molecule has 0 amide bonds. The third-order valence-electron chi connectivity index (χ3n) is 10.2. The maximum Gasteiger partial charge on any atom is 0.178 e. The van der Waals surface area contributed by atoms with Gasteiger partial charge in [0.15, 0.2) is 23.5 Å². The van der Waals surface area contributed by atoms with Crippen LogP contribution in [-0.4, -0.2) is 41.3 Å². The van der Waals surface area contributed by atoms with Gasteiger partial charge in [0, 0.05) is 41.5 Å². The Morgan fingerprint density at radius 1 is 1.22 bits per heavy atom. The maximum absolute atomic E-state index is 14.1. The van der Waals surface area contributed by atoms with Crippen LogP contribution in [0.25, 0.3) is 0 Å². The minimum absolute atomic E-state index is 0.0177. The lowest BCUT2D eigenvalue weighted by atomic mass is 9.46. The summed E-state index contributed by atoms with van der Waals surface area (Å²) in [6.45, 7) is 7.81. The lowest BCUT2D eigenvalue weighted by Crippen LogP contribution is -2.62. The smallest absolute Gasteiger partial charge is 0.178 e. The van der Waals surface area contributed by atoms with E-state index in [0.29, 0.717) is 12.8 Å². The quantitative estimate of drug-likeness (QED) is 0.532. The second-order valence-corrected chi connectivity index (χ2v) is 12.0. The van der Waals surface area contributed by atoms with E-state index >= 15 is 0 Å². The predicted molar refractivity (Wildman–Crippen MR) is 128 cm³/mol. The van der Waals surface area contributed by atoms with Gasteiger partial charge < -0.3 is 19.4 Å². The molecule has 1 heterocycles. The standard InChI is InChI=1S/C29H38O7/c1-5-7-24-35-23-14-20-19-9-8-17-13-18(30)10-11-27(17,3)25(19)21(31)15-28(20,4)29(23,36-24)22(32)12-16(6-2)26(33)34/h10-11,13,16,19-20,23-25H,5-9,12,14-15H2,1-4H3,(H,33,34)/p-1/t16?,19-,20-,23+,24?,25+,27-,28-,29+/m0/s1. The van der Waals surface area contributed by atoms with Crippen LogP contribution in [-0.2, 0) is 28.7 Å². The first kappa shape index (κ1) is 25.5. The summed E-state index contributed by atoms with van der Waals surface area (Å²) in [6, 6.07) is 0. The predicted octanol–water partition coefficient (Wildman–Crippen LogP) is 3.10. The molecule has 4 fully saturated rings. The number of rotatable bonds is 7. The van der Waals surface area contributed by atoms with Gasteiger partial charge in [-0.2, -0.15) is 0 Å². The van der Waals surface area contributed by atoms with Crippen molar-refractivity contribution in [2.45, 2.75) is 97.1 Å². The molecule has 0 spiro atoms. The summed E-state index contributed by atoms with van der Waals surface area (Å²) in [4.78, 5) is 51.8. The van der Waals surface area contributed by atoms with Gasteiger partial charge in [0.05, 0.1) is 6.10 Å². The Morgan fingerprint density at radius 2 is 1.97 bits per heavy atom. The van der Waals surface area contributed by atoms with E-state index in [1.54, 1.807) is 19.1 Å². The van der Waals surface area contributed by atoms with Crippen molar-refractivity contribution >= 4 is 23.3 Å². The third kappa shape index (κ3) is 3.38. The molecule has 0 N–H and O–H groups in total. The van der Waals surface area contributed by atoms with Crippen LogP contribution in [0.15, 0.2) is 23.8 Å². The molecule has 0 radical (unpaired) electrons. The molecule has 5 rings (SSSR count). The van der Waals surface area contributed by atoms with Gasteiger partial charge in [0.1, 0.15) is 5.78 Å². The second kappa shape index (κ2) is 8.73. The van der Waals surface area contributed by atoms with E-state index in [2.05, 4.69) is 6.92 Å². The molecular weight excluding hydrogens is 460 g/mol. The highest BCUT2D eigenvalue weighted by molar-refractivity contribution is 6.02. The van der Waals surface area contributed by atoms with E-state index in [0.717, 1.165) is 24.8 Å². The Bertz CT molecular complexity index is 1060. The molecule has 0 aromatic rings. The summed E-state index contributed by atoms with van der Waals surface area (Å²) in [5, 5.41) is 11.7. The van der Waals surface area contributed by atoms with E-state index in [1.165, 1.54) is 0 Å². The zero-order valence-corrected chi connectivity index (χ0v) is 21.7. The zero-order chi connectivity index (χ0) is 26.0. The highest BCUT2D eigenvalue weighted by Gasteiger charge is 2.75. The number of hydrogen-bond acceptors (Lipinski definition) is 7. The minimum Gasteiger partial charge on any atom is -0.550 e. The molecule has 36 heavy (non-hydrogen) atoms. The molecule has 7 nitrogen and oxygen atoms in total. The fourth-order valence-corrected chi connectivity index (χ4v) is 8.48. The number of aliphatic carboxylic acids is 1. The van der Waals surface area contributed by atoms with Crippen LogP contribution >= 0.6 is 0 Å². The lowest BCUT2D eigenvalue weighted by Gasteiger charge is -2.57. The van der Waals surface area contributed by atoms with Crippen molar-refractivity contribution < 1.29 is 33.8 Å². The number of ketones is 3. The van der Waals surface area contributed by atoms with Crippen molar-refractivity contribution in [3.63, 3.8) is 0 Å². The first-order chi connectivity index (χ1) is 17.0. The molecule has 2 unspecified atom stereocenters. The van der Waals surface area contributed by atoms with E-state index in [4.69, 9.17) is 9.47 Å². The molecule has 1 aliphatic heterocycles. The van der Waals surface area contributed by atoms with E-state index in [9.17, 15) is 24.3 Å². The van der Waals surface area contributed by atoms with Crippen LogP contribution in [0.5, 0.6) is 0 Å². The molecule has 4 aliphatic carbocycles. The van der Waals surface area contributed by atoms with Gasteiger partial charge in [0.2, 0.25) is 0 Å². The second-order valence-electron chi connectivity index (χ2n) is 12.0. The summed E-state index contributed by atoms with van der Waals surface area (Å²) in [7, 11) is 0.